The average molecular weight is 270 g/mol. The van der Waals surface area contributed by atoms with Gasteiger partial charge in [0.15, 0.2) is 5.78 Å². The zero-order valence-corrected chi connectivity index (χ0v) is 11.9. The SMILES string of the molecule is CCN(CC(=O)c1ccc(Cl)cc1)C(C)COC. The van der Waals surface area contributed by atoms with Crippen LogP contribution in [0.5, 0.6) is 0 Å². The second-order valence-electron chi connectivity index (χ2n) is 4.30. The molecule has 3 nitrogen and oxygen atoms in total. The lowest BCUT2D eigenvalue weighted by Crippen LogP contribution is -2.39. The predicted octanol–water partition coefficient (Wildman–Crippen LogP) is 2.88. The van der Waals surface area contributed by atoms with Crippen LogP contribution in [0.15, 0.2) is 24.3 Å². The van der Waals surface area contributed by atoms with Crippen LogP contribution in [0.1, 0.15) is 24.2 Å². The van der Waals surface area contributed by atoms with Crippen LogP contribution in [0.3, 0.4) is 0 Å². The molecule has 0 N–H and O–H groups in total. The highest BCUT2D eigenvalue weighted by Gasteiger charge is 2.16. The van der Waals surface area contributed by atoms with Crippen molar-refractivity contribution in [1.29, 1.82) is 0 Å². The Morgan fingerprint density at radius 3 is 2.50 bits per heavy atom. The molecule has 0 aromatic heterocycles. The first-order chi connectivity index (χ1) is 8.58. The number of Topliss-reactive ketones (excluding diaryl/α,β-unsaturated/α-hetero) is 1. The fourth-order valence-electron chi connectivity index (χ4n) is 1.84. The van der Waals surface area contributed by atoms with Crippen LogP contribution < -0.4 is 0 Å². The molecule has 0 amide bonds. The van der Waals surface area contributed by atoms with Gasteiger partial charge in [-0.25, -0.2) is 0 Å². The molecule has 0 spiro atoms. The number of ether oxygens (including phenoxy) is 1. The molecule has 0 aliphatic rings. The molecule has 1 atom stereocenters. The van der Waals surface area contributed by atoms with Gasteiger partial charge in [-0.1, -0.05) is 18.5 Å². The minimum Gasteiger partial charge on any atom is -0.383 e. The topological polar surface area (TPSA) is 29.5 Å². The Labute approximate surface area is 114 Å². The van der Waals surface area contributed by atoms with Gasteiger partial charge in [0.05, 0.1) is 13.2 Å². The van der Waals surface area contributed by atoms with Gasteiger partial charge in [0.25, 0.3) is 0 Å². The highest BCUT2D eigenvalue weighted by atomic mass is 35.5. The van der Waals surface area contributed by atoms with E-state index in [2.05, 4.69) is 11.8 Å². The fraction of sp³-hybridized carbons (Fsp3) is 0.500. The monoisotopic (exact) mass is 269 g/mol. The van der Waals surface area contributed by atoms with Crippen molar-refractivity contribution in [1.82, 2.24) is 4.90 Å². The molecule has 1 aromatic carbocycles. The largest absolute Gasteiger partial charge is 0.383 e. The number of halogens is 1. The third-order valence-corrected chi connectivity index (χ3v) is 3.20. The van der Waals surface area contributed by atoms with E-state index in [9.17, 15) is 4.79 Å². The van der Waals surface area contributed by atoms with E-state index in [1.54, 1.807) is 31.4 Å². The molecule has 18 heavy (non-hydrogen) atoms. The highest BCUT2D eigenvalue weighted by Crippen LogP contribution is 2.11. The summed E-state index contributed by atoms with van der Waals surface area (Å²) in [6.45, 7) is 5.96. The lowest BCUT2D eigenvalue weighted by molar-refractivity contribution is 0.0788. The molecule has 0 fully saturated rings. The Morgan fingerprint density at radius 2 is 2.00 bits per heavy atom. The molecule has 4 heteroatoms. The third kappa shape index (κ3) is 4.41. The van der Waals surface area contributed by atoms with Crippen molar-refractivity contribution in [3.05, 3.63) is 34.9 Å². The molecule has 0 radical (unpaired) electrons. The van der Waals surface area contributed by atoms with Crippen LogP contribution >= 0.6 is 11.6 Å². The van der Waals surface area contributed by atoms with Crippen molar-refractivity contribution in [3.63, 3.8) is 0 Å². The first kappa shape index (κ1) is 15.2. The fourth-order valence-corrected chi connectivity index (χ4v) is 1.96. The third-order valence-electron chi connectivity index (χ3n) is 2.95. The van der Waals surface area contributed by atoms with Gasteiger partial charge in [-0.3, -0.25) is 9.69 Å². The van der Waals surface area contributed by atoms with Crippen LogP contribution in [0.25, 0.3) is 0 Å². The summed E-state index contributed by atoms with van der Waals surface area (Å²) in [5, 5.41) is 0.645. The van der Waals surface area contributed by atoms with Crippen molar-refractivity contribution < 1.29 is 9.53 Å². The summed E-state index contributed by atoms with van der Waals surface area (Å²) in [5.41, 5.74) is 0.697. The maximum atomic E-state index is 12.1. The number of rotatable bonds is 7. The van der Waals surface area contributed by atoms with Crippen LogP contribution in [0, 0.1) is 0 Å². The van der Waals surface area contributed by atoms with Gasteiger partial charge in [0, 0.05) is 23.7 Å². The molecule has 1 rings (SSSR count). The molecule has 1 aromatic rings. The molecule has 100 valence electrons. The zero-order chi connectivity index (χ0) is 13.5. The Bertz CT molecular complexity index is 378. The van der Waals surface area contributed by atoms with Crippen molar-refractivity contribution in [3.8, 4) is 0 Å². The minimum absolute atomic E-state index is 0.108. The first-order valence-electron chi connectivity index (χ1n) is 6.10. The molecule has 0 heterocycles. The molecular formula is C14H20ClNO2. The van der Waals surface area contributed by atoms with Gasteiger partial charge in [0.2, 0.25) is 0 Å². The number of ketones is 1. The average Bonchev–Trinajstić information content (AvgIpc) is 2.36. The predicted molar refractivity (Wildman–Crippen MR) is 74.4 cm³/mol. The van der Waals surface area contributed by atoms with E-state index in [1.165, 1.54) is 0 Å². The highest BCUT2D eigenvalue weighted by molar-refractivity contribution is 6.30. The number of likely N-dealkylation sites (N-methyl/N-ethyl adjacent to an activating group) is 1. The number of hydrogen-bond acceptors (Lipinski definition) is 3. The Balaban J connectivity index is 2.64. The molecular weight excluding hydrogens is 250 g/mol. The molecule has 0 saturated carbocycles. The number of carbonyl (C=O) groups is 1. The summed E-state index contributed by atoms with van der Waals surface area (Å²) in [4.78, 5) is 14.2. The maximum absolute atomic E-state index is 12.1. The van der Waals surface area contributed by atoms with E-state index in [1.807, 2.05) is 6.92 Å². The summed E-state index contributed by atoms with van der Waals surface area (Å²) in [6, 6.07) is 7.24. The summed E-state index contributed by atoms with van der Waals surface area (Å²) < 4.78 is 5.12. The second-order valence-corrected chi connectivity index (χ2v) is 4.73. The summed E-state index contributed by atoms with van der Waals surface area (Å²) in [6.07, 6.45) is 0. The van der Waals surface area contributed by atoms with E-state index >= 15 is 0 Å². The lowest BCUT2D eigenvalue weighted by Gasteiger charge is -2.26. The molecule has 0 aliphatic heterocycles. The van der Waals surface area contributed by atoms with Gasteiger partial charge >= 0.3 is 0 Å². The molecule has 1 unspecified atom stereocenters. The zero-order valence-electron chi connectivity index (χ0n) is 11.1. The van der Waals surface area contributed by atoms with Crippen molar-refractivity contribution in [2.75, 3.05) is 26.8 Å². The summed E-state index contributed by atoms with van der Waals surface area (Å²) >= 11 is 5.80. The van der Waals surface area contributed by atoms with Crippen molar-refractivity contribution in [2.45, 2.75) is 19.9 Å². The maximum Gasteiger partial charge on any atom is 0.176 e. The number of hydrogen-bond donors (Lipinski definition) is 0. The van der Waals surface area contributed by atoms with E-state index in [-0.39, 0.29) is 11.8 Å². The van der Waals surface area contributed by atoms with Crippen molar-refractivity contribution in [2.24, 2.45) is 0 Å². The number of methoxy groups -OCH3 is 1. The summed E-state index contributed by atoms with van der Waals surface area (Å²) in [5.74, 6) is 0.108. The van der Waals surface area contributed by atoms with E-state index < -0.39 is 0 Å². The Hall–Kier alpha value is -0.900. The van der Waals surface area contributed by atoms with Crippen LogP contribution in [-0.4, -0.2) is 43.5 Å². The normalized spacial score (nSPS) is 12.7. The standard InChI is InChI=1S/C14H20ClNO2/c1-4-16(11(2)10-18-3)9-14(17)12-5-7-13(15)8-6-12/h5-8,11H,4,9-10H2,1-3H3. The Kier molecular flexibility index (Phi) is 6.33. The van der Waals surface area contributed by atoms with Gasteiger partial charge in [-0.15, -0.1) is 0 Å². The van der Waals surface area contributed by atoms with Gasteiger partial charge in [0.1, 0.15) is 0 Å². The number of nitrogens with zero attached hydrogens (tertiary/aromatic N) is 1. The van der Waals surface area contributed by atoms with Crippen LogP contribution in [-0.2, 0) is 4.74 Å². The summed E-state index contributed by atoms with van der Waals surface area (Å²) in [7, 11) is 1.67. The Morgan fingerprint density at radius 1 is 1.39 bits per heavy atom. The van der Waals surface area contributed by atoms with Crippen LogP contribution in [0.2, 0.25) is 5.02 Å². The molecule has 0 bridgehead atoms. The van der Waals surface area contributed by atoms with Crippen molar-refractivity contribution >= 4 is 17.4 Å². The molecule has 0 saturated heterocycles. The van der Waals surface area contributed by atoms with Gasteiger partial charge in [-0.2, -0.15) is 0 Å². The van der Waals surface area contributed by atoms with Crippen LogP contribution in [0.4, 0.5) is 0 Å². The second kappa shape index (κ2) is 7.52. The molecule has 0 aliphatic carbocycles. The van der Waals surface area contributed by atoms with Gasteiger partial charge < -0.3 is 4.74 Å². The van der Waals surface area contributed by atoms with E-state index in [0.29, 0.717) is 23.7 Å². The smallest absolute Gasteiger partial charge is 0.176 e. The van der Waals surface area contributed by atoms with E-state index in [4.69, 9.17) is 16.3 Å². The minimum atomic E-state index is 0.108. The number of benzene rings is 1. The first-order valence-corrected chi connectivity index (χ1v) is 6.48. The lowest BCUT2D eigenvalue weighted by atomic mass is 10.1. The quantitative estimate of drug-likeness (QED) is 0.713. The van der Waals surface area contributed by atoms with Gasteiger partial charge in [-0.05, 0) is 37.7 Å². The van der Waals surface area contributed by atoms with E-state index in [0.717, 1.165) is 6.54 Å². The number of carbonyl (C=O) groups excluding carboxylic acids is 1.